The van der Waals surface area contributed by atoms with E-state index < -0.39 is 0 Å². The number of aliphatic hydroxyl groups is 1. The van der Waals surface area contributed by atoms with Crippen molar-refractivity contribution in [3.63, 3.8) is 0 Å². The number of hydrogen-bond acceptors (Lipinski definition) is 6. The normalized spacial score (nSPS) is 12.1. The maximum atomic E-state index is 13.5. The number of pyridine rings is 1. The van der Waals surface area contributed by atoms with Crippen LogP contribution in [0.1, 0.15) is 39.1 Å². The number of thioether (sulfide) groups is 1. The summed E-state index contributed by atoms with van der Waals surface area (Å²) in [5.74, 6) is 2.03. The first kappa shape index (κ1) is 22.5. The van der Waals surface area contributed by atoms with Gasteiger partial charge in [0.2, 0.25) is 5.88 Å². The standard InChI is InChI=1S/C27H24FN3O2S/c1-15-4-5-16(2)19(10-15)14-34-27-23-11-22-20(13-32)12-29-17(3)24(22)33-26(23)30-25(31-27)18-6-8-21(28)9-7-18/h4-10,12,32H,11,13-14H2,1-3H3. The molecular formula is C27H24FN3O2S. The Kier molecular flexibility index (Phi) is 6.06. The van der Waals surface area contributed by atoms with Crippen LogP contribution in [0.25, 0.3) is 11.4 Å². The maximum absolute atomic E-state index is 13.5. The van der Waals surface area contributed by atoms with Crippen LogP contribution in [-0.4, -0.2) is 20.1 Å². The number of aromatic nitrogens is 3. The van der Waals surface area contributed by atoms with Crippen molar-refractivity contribution in [1.29, 1.82) is 0 Å². The lowest BCUT2D eigenvalue weighted by Gasteiger charge is -2.24. The summed E-state index contributed by atoms with van der Waals surface area (Å²) in [6.07, 6.45) is 2.24. The number of benzene rings is 2. The zero-order valence-electron chi connectivity index (χ0n) is 19.2. The first-order valence-electron chi connectivity index (χ1n) is 11.0. The van der Waals surface area contributed by atoms with Crippen molar-refractivity contribution in [1.82, 2.24) is 15.0 Å². The summed E-state index contributed by atoms with van der Waals surface area (Å²) in [4.78, 5) is 13.9. The summed E-state index contributed by atoms with van der Waals surface area (Å²) < 4.78 is 19.8. The highest BCUT2D eigenvalue weighted by atomic mass is 32.2. The van der Waals surface area contributed by atoms with Gasteiger partial charge in [0.15, 0.2) is 11.6 Å². The quantitative estimate of drug-likeness (QED) is 0.246. The van der Waals surface area contributed by atoms with Crippen molar-refractivity contribution in [2.24, 2.45) is 0 Å². The van der Waals surface area contributed by atoms with Gasteiger partial charge >= 0.3 is 0 Å². The molecule has 1 aliphatic heterocycles. The van der Waals surface area contributed by atoms with Crippen molar-refractivity contribution in [2.75, 3.05) is 0 Å². The van der Waals surface area contributed by atoms with E-state index in [9.17, 15) is 9.50 Å². The van der Waals surface area contributed by atoms with Gasteiger partial charge in [-0.25, -0.2) is 9.37 Å². The largest absolute Gasteiger partial charge is 0.436 e. The Bertz CT molecular complexity index is 1390. The van der Waals surface area contributed by atoms with Gasteiger partial charge in [-0.2, -0.15) is 4.98 Å². The average Bonchev–Trinajstić information content (AvgIpc) is 2.84. The van der Waals surface area contributed by atoms with Crippen molar-refractivity contribution in [2.45, 2.75) is 44.6 Å². The highest BCUT2D eigenvalue weighted by molar-refractivity contribution is 7.98. The number of ether oxygens (including phenoxy) is 1. The minimum atomic E-state index is -0.311. The second kappa shape index (κ2) is 9.16. The first-order valence-corrected chi connectivity index (χ1v) is 12.0. The number of nitrogens with zero attached hydrogens (tertiary/aromatic N) is 3. The number of halogens is 1. The molecule has 4 aromatic rings. The molecule has 0 radical (unpaired) electrons. The number of aryl methyl sites for hydroxylation is 3. The third kappa shape index (κ3) is 4.29. The summed E-state index contributed by atoms with van der Waals surface area (Å²) in [7, 11) is 0. The molecule has 0 spiro atoms. The maximum Gasteiger partial charge on any atom is 0.227 e. The van der Waals surface area contributed by atoms with Gasteiger partial charge in [0.1, 0.15) is 10.8 Å². The molecule has 34 heavy (non-hydrogen) atoms. The lowest BCUT2D eigenvalue weighted by Crippen LogP contribution is -2.13. The number of aliphatic hydroxyl groups excluding tert-OH is 1. The summed E-state index contributed by atoms with van der Waals surface area (Å²) >= 11 is 1.63. The predicted octanol–water partition coefficient (Wildman–Crippen LogP) is 6.08. The lowest BCUT2D eigenvalue weighted by molar-refractivity contribution is 0.278. The van der Waals surface area contributed by atoms with Gasteiger partial charge in [-0.05, 0) is 56.2 Å². The highest BCUT2D eigenvalue weighted by Gasteiger charge is 2.27. The molecule has 0 bridgehead atoms. The molecule has 5 rings (SSSR count). The third-order valence-corrected chi connectivity index (χ3v) is 7.10. The molecule has 0 unspecified atom stereocenters. The van der Waals surface area contributed by atoms with E-state index in [1.54, 1.807) is 30.1 Å². The van der Waals surface area contributed by atoms with Crippen molar-refractivity contribution < 1.29 is 14.2 Å². The Morgan fingerprint density at radius 2 is 1.79 bits per heavy atom. The second-order valence-corrected chi connectivity index (χ2v) is 9.44. The fraction of sp³-hybridized carbons (Fsp3) is 0.222. The first-order chi connectivity index (χ1) is 16.4. The van der Waals surface area contributed by atoms with Gasteiger partial charge in [0.05, 0.1) is 17.9 Å². The minimum Gasteiger partial charge on any atom is -0.436 e. The molecule has 0 atom stereocenters. The zero-order valence-corrected chi connectivity index (χ0v) is 20.0. The van der Waals surface area contributed by atoms with Gasteiger partial charge in [-0.1, -0.05) is 23.8 Å². The molecule has 5 nitrogen and oxygen atoms in total. The Morgan fingerprint density at radius 1 is 1.00 bits per heavy atom. The third-order valence-electron chi connectivity index (χ3n) is 6.03. The summed E-state index contributed by atoms with van der Waals surface area (Å²) in [5.41, 5.74) is 7.67. The predicted molar refractivity (Wildman–Crippen MR) is 131 cm³/mol. The smallest absolute Gasteiger partial charge is 0.227 e. The fourth-order valence-corrected chi connectivity index (χ4v) is 5.13. The van der Waals surface area contributed by atoms with Crippen LogP contribution >= 0.6 is 11.8 Å². The zero-order chi connectivity index (χ0) is 23.8. The van der Waals surface area contributed by atoms with E-state index in [1.165, 1.54) is 28.8 Å². The van der Waals surface area contributed by atoms with Crippen LogP contribution in [0.2, 0.25) is 0 Å². The topological polar surface area (TPSA) is 68.1 Å². The van der Waals surface area contributed by atoms with E-state index in [-0.39, 0.29) is 12.4 Å². The number of rotatable bonds is 5. The van der Waals surface area contributed by atoms with Crippen molar-refractivity contribution >= 4 is 11.8 Å². The molecule has 0 amide bonds. The van der Waals surface area contributed by atoms with E-state index in [2.05, 4.69) is 37.0 Å². The second-order valence-electron chi connectivity index (χ2n) is 8.48. The van der Waals surface area contributed by atoms with Crippen LogP contribution in [0.5, 0.6) is 11.6 Å². The molecule has 1 N–H and O–H groups in total. The monoisotopic (exact) mass is 473 g/mol. The Labute approximate surface area is 202 Å². The summed E-state index contributed by atoms with van der Waals surface area (Å²) in [6, 6.07) is 12.6. The van der Waals surface area contributed by atoms with Gasteiger partial charge in [0.25, 0.3) is 0 Å². The van der Waals surface area contributed by atoms with Crippen molar-refractivity contribution in [3.8, 4) is 23.0 Å². The molecular weight excluding hydrogens is 449 g/mol. The van der Waals surface area contributed by atoms with E-state index in [0.29, 0.717) is 29.4 Å². The van der Waals surface area contributed by atoms with Gasteiger partial charge < -0.3 is 9.84 Å². The van der Waals surface area contributed by atoms with Crippen LogP contribution < -0.4 is 4.74 Å². The van der Waals surface area contributed by atoms with Gasteiger partial charge in [-0.15, -0.1) is 11.8 Å². The van der Waals surface area contributed by atoms with E-state index in [0.717, 1.165) is 33.2 Å². The average molecular weight is 474 g/mol. The van der Waals surface area contributed by atoms with Crippen LogP contribution in [-0.2, 0) is 18.8 Å². The molecule has 1 aliphatic rings. The number of hydrogen-bond donors (Lipinski definition) is 1. The summed E-state index contributed by atoms with van der Waals surface area (Å²) in [5, 5.41) is 10.7. The van der Waals surface area contributed by atoms with Crippen LogP contribution in [0.15, 0.2) is 53.7 Å². The molecule has 7 heteroatoms. The van der Waals surface area contributed by atoms with Crippen LogP contribution in [0, 0.1) is 26.6 Å². The van der Waals surface area contributed by atoms with Gasteiger partial charge in [-0.3, -0.25) is 4.98 Å². The molecule has 3 heterocycles. The highest BCUT2D eigenvalue weighted by Crippen LogP contribution is 2.43. The minimum absolute atomic E-state index is 0.117. The van der Waals surface area contributed by atoms with E-state index in [4.69, 9.17) is 14.7 Å². The Morgan fingerprint density at radius 3 is 2.56 bits per heavy atom. The van der Waals surface area contributed by atoms with Crippen LogP contribution in [0.4, 0.5) is 4.39 Å². The molecule has 2 aromatic heterocycles. The molecule has 2 aromatic carbocycles. The van der Waals surface area contributed by atoms with Crippen LogP contribution in [0.3, 0.4) is 0 Å². The van der Waals surface area contributed by atoms with Crippen molar-refractivity contribution in [3.05, 3.63) is 93.6 Å². The van der Waals surface area contributed by atoms with Gasteiger partial charge in [0, 0.05) is 35.1 Å². The van der Waals surface area contributed by atoms with E-state index in [1.807, 2.05) is 6.92 Å². The Balaban J connectivity index is 1.60. The SMILES string of the molecule is Cc1ccc(C)c(CSc2nc(-c3ccc(F)cc3)nc3c2Cc2c(CO)cnc(C)c2O3)c1. The molecule has 0 saturated heterocycles. The van der Waals surface area contributed by atoms with E-state index >= 15 is 0 Å². The molecule has 0 saturated carbocycles. The Hall–Kier alpha value is -3.29. The molecule has 0 aliphatic carbocycles. The lowest BCUT2D eigenvalue weighted by atomic mass is 9.99. The summed E-state index contributed by atoms with van der Waals surface area (Å²) in [6.45, 7) is 5.96. The molecule has 0 fully saturated rings. The number of fused-ring (bicyclic) bond motifs is 2. The molecule has 172 valence electrons. The fourth-order valence-electron chi connectivity index (χ4n) is 4.04.